The Balaban J connectivity index is 2.18. The van der Waals surface area contributed by atoms with Crippen LogP contribution in [0.25, 0.3) is 11.8 Å². The highest BCUT2D eigenvalue weighted by atomic mass is 16.5. The molecule has 0 saturated carbocycles. The summed E-state index contributed by atoms with van der Waals surface area (Å²) < 4.78 is 1.99. The van der Waals surface area contributed by atoms with E-state index in [0.717, 1.165) is 28.9 Å². The highest BCUT2D eigenvalue weighted by molar-refractivity contribution is 6.03. The molecular weight excluding hydrogens is 354 g/mol. The Morgan fingerprint density at radius 1 is 1.29 bits per heavy atom. The molecule has 1 aliphatic carbocycles. The van der Waals surface area contributed by atoms with Gasteiger partial charge in [-0.1, -0.05) is 13.8 Å². The van der Waals surface area contributed by atoms with Crippen molar-refractivity contribution in [2.75, 3.05) is 0 Å². The Kier molecular flexibility index (Phi) is 4.98. The van der Waals surface area contributed by atoms with E-state index in [-0.39, 0.29) is 17.0 Å². The van der Waals surface area contributed by atoms with Gasteiger partial charge in [-0.15, -0.1) is 0 Å². The average molecular weight is 379 g/mol. The van der Waals surface area contributed by atoms with E-state index < -0.39 is 5.95 Å². The number of hydrogen-bond acceptors (Lipinski definition) is 4. The number of aliphatic imine (C=N–C) groups is 1. The molecule has 1 aromatic carbocycles. The normalized spacial score (nSPS) is 15.5. The number of nitrogens with zero attached hydrogens (tertiary/aromatic N) is 2. The lowest BCUT2D eigenvalue weighted by Gasteiger charge is -2.30. The number of carbonyl (C=O) groups is 1. The van der Waals surface area contributed by atoms with Gasteiger partial charge in [-0.25, -0.2) is 4.99 Å². The van der Waals surface area contributed by atoms with Gasteiger partial charge in [0.05, 0.1) is 0 Å². The molecule has 28 heavy (non-hydrogen) atoms. The third kappa shape index (κ3) is 3.63. The SMILES string of the molecule is CC=NC(=N)c1ccc(-n2cc(C)c3c2CC(C)(C)CC3=O)cc1C=C(O)O. The van der Waals surface area contributed by atoms with Gasteiger partial charge in [-0.2, -0.15) is 0 Å². The number of benzene rings is 1. The molecule has 6 nitrogen and oxygen atoms in total. The van der Waals surface area contributed by atoms with Crippen molar-refractivity contribution in [1.29, 1.82) is 5.41 Å². The van der Waals surface area contributed by atoms with Gasteiger partial charge in [-0.05, 0) is 55.0 Å². The predicted octanol–water partition coefficient (Wildman–Crippen LogP) is 4.77. The van der Waals surface area contributed by atoms with E-state index >= 15 is 0 Å². The summed E-state index contributed by atoms with van der Waals surface area (Å²) in [5.41, 5.74) is 4.32. The van der Waals surface area contributed by atoms with E-state index in [0.29, 0.717) is 17.5 Å². The van der Waals surface area contributed by atoms with Gasteiger partial charge >= 0.3 is 0 Å². The third-order valence-corrected chi connectivity index (χ3v) is 4.97. The Labute approximate surface area is 164 Å². The molecule has 146 valence electrons. The third-order valence-electron chi connectivity index (χ3n) is 4.97. The second-order valence-corrected chi connectivity index (χ2v) is 7.95. The minimum Gasteiger partial charge on any atom is -0.481 e. The van der Waals surface area contributed by atoms with Crippen LogP contribution in [-0.2, 0) is 6.42 Å². The van der Waals surface area contributed by atoms with Crippen molar-refractivity contribution in [2.45, 2.75) is 40.5 Å². The van der Waals surface area contributed by atoms with Crippen LogP contribution in [0.15, 0.2) is 35.3 Å². The molecule has 0 saturated heterocycles. The Hall–Kier alpha value is -3.15. The number of fused-ring (bicyclic) bond motifs is 1. The van der Waals surface area contributed by atoms with Gasteiger partial charge in [0.1, 0.15) is 0 Å². The highest BCUT2D eigenvalue weighted by Gasteiger charge is 2.34. The number of hydrogen-bond donors (Lipinski definition) is 3. The van der Waals surface area contributed by atoms with Crippen LogP contribution in [0.4, 0.5) is 0 Å². The zero-order chi connectivity index (χ0) is 20.6. The predicted molar refractivity (Wildman–Crippen MR) is 111 cm³/mol. The van der Waals surface area contributed by atoms with Crippen molar-refractivity contribution >= 4 is 23.9 Å². The van der Waals surface area contributed by atoms with Crippen LogP contribution < -0.4 is 0 Å². The number of ketones is 1. The van der Waals surface area contributed by atoms with Crippen molar-refractivity contribution in [3.05, 3.63) is 58.3 Å². The number of aryl methyl sites for hydroxylation is 1. The summed E-state index contributed by atoms with van der Waals surface area (Å²) in [6, 6.07) is 5.36. The first kappa shape index (κ1) is 19.6. The summed E-state index contributed by atoms with van der Waals surface area (Å²) in [5, 5.41) is 26.8. The fourth-order valence-electron chi connectivity index (χ4n) is 3.88. The fraction of sp³-hybridized carbons (Fsp3) is 0.318. The largest absolute Gasteiger partial charge is 0.481 e. The minimum absolute atomic E-state index is 0.0311. The van der Waals surface area contributed by atoms with E-state index in [1.165, 1.54) is 12.3 Å². The maximum absolute atomic E-state index is 12.7. The number of amidine groups is 1. The molecule has 2 aromatic rings. The number of aliphatic hydroxyl groups is 2. The number of nitrogens with one attached hydrogen (secondary N) is 1. The van der Waals surface area contributed by atoms with Crippen LogP contribution in [-0.4, -0.2) is 32.6 Å². The molecule has 0 unspecified atom stereocenters. The topological polar surface area (TPSA) is 98.7 Å². The van der Waals surface area contributed by atoms with Crippen molar-refractivity contribution in [1.82, 2.24) is 4.57 Å². The molecule has 0 bridgehead atoms. The molecule has 0 fully saturated rings. The highest BCUT2D eigenvalue weighted by Crippen LogP contribution is 2.38. The summed E-state index contributed by atoms with van der Waals surface area (Å²) in [7, 11) is 0. The quantitative estimate of drug-likeness (QED) is 0.407. The monoisotopic (exact) mass is 379 g/mol. The molecular formula is C22H25N3O3. The van der Waals surface area contributed by atoms with Crippen molar-refractivity contribution < 1.29 is 15.0 Å². The Morgan fingerprint density at radius 2 is 2.00 bits per heavy atom. The molecule has 3 rings (SSSR count). The van der Waals surface area contributed by atoms with E-state index in [1.807, 2.05) is 23.8 Å². The maximum Gasteiger partial charge on any atom is 0.274 e. The Morgan fingerprint density at radius 3 is 2.64 bits per heavy atom. The van der Waals surface area contributed by atoms with Gasteiger partial charge in [-0.3, -0.25) is 10.2 Å². The van der Waals surface area contributed by atoms with Gasteiger partial charge in [0.2, 0.25) is 0 Å². The standard InChI is InChI=1S/C22H25N3O3/c1-5-24-21(23)16-7-6-15(8-14(16)9-19(27)28)25-12-13(2)20-17(25)10-22(3,4)11-18(20)26/h5-9,12,23,27-28H,10-11H2,1-4H3. The summed E-state index contributed by atoms with van der Waals surface area (Å²) >= 11 is 0. The van der Waals surface area contributed by atoms with Crippen LogP contribution in [0.3, 0.4) is 0 Å². The fourth-order valence-corrected chi connectivity index (χ4v) is 3.88. The summed E-state index contributed by atoms with van der Waals surface area (Å²) in [6.45, 7) is 7.83. The van der Waals surface area contributed by atoms with Crippen molar-refractivity contribution in [3.8, 4) is 5.69 Å². The van der Waals surface area contributed by atoms with Gasteiger partial charge in [0.25, 0.3) is 5.95 Å². The van der Waals surface area contributed by atoms with Gasteiger partial charge in [0.15, 0.2) is 11.6 Å². The van der Waals surface area contributed by atoms with Crippen LogP contribution in [0, 0.1) is 17.7 Å². The second kappa shape index (κ2) is 7.11. The molecule has 0 radical (unpaired) electrons. The molecule has 0 amide bonds. The van der Waals surface area contributed by atoms with Crippen molar-refractivity contribution in [2.24, 2.45) is 10.4 Å². The number of rotatable bonds is 3. The molecule has 0 atom stereocenters. The molecule has 0 aliphatic heterocycles. The summed E-state index contributed by atoms with van der Waals surface area (Å²) in [6.07, 6.45) is 5.96. The van der Waals surface area contributed by atoms with Crippen LogP contribution in [0.2, 0.25) is 0 Å². The van der Waals surface area contributed by atoms with Crippen LogP contribution in [0.1, 0.15) is 59.9 Å². The molecule has 6 heteroatoms. The first-order valence-electron chi connectivity index (χ1n) is 9.18. The second-order valence-electron chi connectivity index (χ2n) is 7.95. The molecule has 0 spiro atoms. The summed E-state index contributed by atoms with van der Waals surface area (Å²) in [4.78, 5) is 16.6. The lowest BCUT2D eigenvalue weighted by Crippen LogP contribution is -2.28. The lowest BCUT2D eigenvalue weighted by atomic mass is 9.75. The smallest absolute Gasteiger partial charge is 0.274 e. The number of aliphatic hydroxyl groups excluding tert-OH is 1. The van der Waals surface area contributed by atoms with Gasteiger partial charge < -0.3 is 14.8 Å². The van der Waals surface area contributed by atoms with E-state index in [1.54, 1.807) is 19.1 Å². The van der Waals surface area contributed by atoms with E-state index in [9.17, 15) is 15.0 Å². The molecule has 3 N–H and O–H groups in total. The van der Waals surface area contributed by atoms with E-state index in [4.69, 9.17) is 5.41 Å². The maximum atomic E-state index is 12.7. The summed E-state index contributed by atoms with van der Waals surface area (Å²) in [5.74, 6) is -0.649. The van der Waals surface area contributed by atoms with E-state index in [2.05, 4.69) is 18.8 Å². The molecule has 1 aliphatic rings. The van der Waals surface area contributed by atoms with Crippen LogP contribution >= 0.6 is 0 Å². The average Bonchev–Trinajstić information content (AvgIpc) is 2.89. The number of Topliss-reactive ketones (excluding diaryl/α,β-unsaturated/α-hetero) is 1. The number of aromatic nitrogens is 1. The minimum atomic E-state index is -0.839. The lowest BCUT2D eigenvalue weighted by molar-refractivity contribution is 0.0910. The first-order chi connectivity index (χ1) is 13.1. The molecule has 1 aromatic heterocycles. The van der Waals surface area contributed by atoms with Crippen LogP contribution in [0.5, 0.6) is 0 Å². The molecule has 1 heterocycles. The van der Waals surface area contributed by atoms with Crippen molar-refractivity contribution in [3.63, 3.8) is 0 Å². The Bertz CT molecular complexity index is 1020. The van der Waals surface area contributed by atoms with Gasteiger partial charge in [0, 0.05) is 47.4 Å². The zero-order valence-electron chi connectivity index (χ0n) is 16.6. The zero-order valence-corrected chi connectivity index (χ0v) is 16.6. The first-order valence-corrected chi connectivity index (χ1v) is 9.18. The number of carbonyl (C=O) groups excluding carboxylic acids is 1.